The van der Waals surface area contributed by atoms with E-state index in [-0.39, 0.29) is 25.9 Å². The molecule has 0 aromatic carbocycles. The first-order valence-electron chi connectivity index (χ1n) is 22.9. The second-order valence-corrected chi connectivity index (χ2v) is 19.6. The van der Waals surface area contributed by atoms with Crippen LogP contribution in [0, 0.1) is 0 Å². The van der Waals surface area contributed by atoms with Gasteiger partial charge in [0.15, 0.2) is 0 Å². The number of phosphoric acid groups is 1. The molecule has 7 N–H and O–H groups in total. The Kier molecular flexibility index (Phi) is 31.9. The molecule has 8 atom stereocenters. The van der Waals surface area contributed by atoms with Crippen molar-refractivity contribution >= 4 is 27.4 Å². The lowest BCUT2D eigenvalue weighted by atomic mass is 9.85. The van der Waals surface area contributed by atoms with E-state index in [1.54, 1.807) is 0 Å². The Morgan fingerprint density at radius 3 is 1.17 bits per heavy atom. The number of aliphatic hydroxyl groups is 4. The van der Waals surface area contributed by atoms with Gasteiger partial charge in [-0.1, -0.05) is 168 Å². The molecule has 0 saturated heterocycles. The van der Waals surface area contributed by atoms with Gasteiger partial charge in [-0.05, 0) is 19.3 Å². The Hall–Kier alpha value is -0.960. The number of aliphatic hydroxyl groups excluding tert-OH is 4. The van der Waals surface area contributed by atoms with Gasteiger partial charge in [0.25, 0.3) is 0 Å². The molecule has 0 spiro atoms. The van der Waals surface area contributed by atoms with Gasteiger partial charge in [0.1, 0.15) is 49.3 Å². The minimum Gasteiger partial charge on any atom is -0.462 e. The summed E-state index contributed by atoms with van der Waals surface area (Å²) in [7, 11) is -10.0. The van der Waals surface area contributed by atoms with Gasteiger partial charge >= 0.3 is 27.4 Å². The standard InChI is InChI=1S/C42H82O15P2/c1-3-5-7-9-11-13-15-17-19-21-23-25-27-29-35(43)54-33-34(55-36(44)30-28-26-24-22-20-18-16-14-12-10-8-6-4-2)31-32-58(49,50)56-41-37(45)39(47)42(40(48)38(41)46)57-59(51,52)53/h34,37-42,45-48H,3-33H2,1-2H3,(H,49,50)(H2,51,52,53)/t34?,37-,38-,39-,40+,41?,42?/m0/s1. The van der Waals surface area contributed by atoms with Crippen LogP contribution in [0.3, 0.4) is 0 Å². The van der Waals surface area contributed by atoms with Crippen LogP contribution in [0.15, 0.2) is 0 Å². The molecule has 0 amide bonds. The summed E-state index contributed by atoms with van der Waals surface area (Å²) in [6.45, 7) is 4.07. The van der Waals surface area contributed by atoms with E-state index >= 15 is 0 Å². The lowest BCUT2D eigenvalue weighted by molar-refractivity contribution is -0.214. The zero-order valence-electron chi connectivity index (χ0n) is 36.3. The van der Waals surface area contributed by atoms with E-state index in [4.69, 9.17) is 23.8 Å². The number of phosphoric ester groups is 1. The fraction of sp³-hybridized carbons (Fsp3) is 0.952. The van der Waals surface area contributed by atoms with E-state index in [1.165, 1.54) is 109 Å². The first-order chi connectivity index (χ1) is 28.1. The van der Waals surface area contributed by atoms with Gasteiger partial charge in [-0.2, -0.15) is 0 Å². The third kappa shape index (κ3) is 28.4. The van der Waals surface area contributed by atoms with E-state index in [0.717, 1.165) is 44.9 Å². The highest BCUT2D eigenvalue weighted by molar-refractivity contribution is 7.52. The van der Waals surface area contributed by atoms with Gasteiger partial charge in [-0.25, -0.2) is 4.57 Å². The van der Waals surface area contributed by atoms with E-state index in [2.05, 4.69) is 18.4 Å². The summed E-state index contributed by atoms with van der Waals surface area (Å²) >= 11 is 0. The van der Waals surface area contributed by atoms with Crippen molar-refractivity contribution in [2.24, 2.45) is 0 Å². The maximum absolute atomic E-state index is 13.1. The summed E-state index contributed by atoms with van der Waals surface area (Å²) in [5, 5.41) is 41.6. The molecular weight excluding hydrogens is 806 g/mol. The van der Waals surface area contributed by atoms with Crippen molar-refractivity contribution < 1.29 is 72.3 Å². The molecule has 4 unspecified atom stereocenters. The monoisotopic (exact) mass is 889 g/mol. The molecule has 0 bridgehead atoms. The second-order valence-electron chi connectivity index (χ2n) is 16.5. The normalized spacial score (nSPS) is 22.5. The van der Waals surface area contributed by atoms with Crippen LogP contribution in [0.1, 0.15) is 200 Å². The van der Waals surface area contributed by atoms with Gasteiger partial charge in [-0.3, -0.25) is 23.2 Å². The molecule has 0 aliphatic heterocycles. The fourth-order valence-electron chi connectivity index (χ4n) is 7.39. The van der Waals surface area contributed by atoms with E-state index in [0.29, 0.717) is 12.8 Å². The summed E-state index contributed by atoms with van der Waals surface area (Å²) in [4.78, 5) is 54.2. The average molecular weight is 889 g/mol. The van der Waals surface area contributed by atoms with E-state index in [1.807, 2.05) is 0 Å². The Bertz CT molecular complexity index is 1150. The second kappa shape index (κ2) is 33.6. The van der Waals surface area contributed by atoms with Crippen molar-refractivity contribution in [2.75, 3.05) is 12.8 Å². The van der Waals surface area contributed by atoms with Gasteiger partial charge in [-0.15, -0.1) is 0 Å². The molecule has 17 heteroatoms. The van der Waals surface area contributed by atoms with Crippen LogP contribution < -0.4 is 0 Å². The molecular formula is C42H82O15P2. The average Bonchev–Trinajstić information content (AvgIpc) is 3.18. The van der Waals surface area contributed by atoms with E-state index in [9.17, 15) is 44.0 Å². The van der Waals surface area contributed by atoms with Crippen molar-refractivity contribution in [3.8, 4) is 0 Å². The molecule has 0 aromatic heterocycles. The van der Waals surface area contributed by atoms with Crippen molar-refractivity contribution in [3.05, 3.63) is 0 Å². The number of unbranched alkanes of at least 4 members (excludes halogenated alkanes) is 24. The number of hydrogen-bond donors (Lipinski definition) is 7. The van der Waals surface area contributed by atoms with Crippen LogP contribution in [0.5, 0.6) is 0 Å². The number of carbonyl (C=O) groups is 2. The topological polar surface area (TPSA) is 247 Å². The van der Waals surface area contributed by atoms with Gasteiger partial charge in [0.05, 0.1) is 6.16 Å². The third-order valence-electron chi connectivity index (χ3n) is 11.0. The highest BCUT2D eigenvalue weighted by Crippen LogP contribution is 2.48. The van der Waals surface area contributed by atoms with Crippen molar-refractivity contribution in [1.29, 1.82) is 0 Å². The van der Waals surface area contributed by atoms with Crippen molar-refractivity contribution in [1.82, 2.24) is 0 Å². The maximum atomic E-state index is 13.1. The van der Waals surface area contributed by atoms with E-state index < -0.39 is 76.2 Å². The molecule has 350 valence electrons. The van der Waals surface area contributed by atoms with Crippen LogP contribution in [0.4, 0.5) is 0 Å². The van der Waals surface area contributed by atoms with Crippen molar-refractivity contribution in [3.63, 3.8) is 0 Å². The maximum Gasteiger partial charge on any atom is 0.470 e. The minimum atomic E-state index is -5.28. The number of esters is 2. The Balaban J connectivity index is 2.59. The molecule has 0 aromatic rings. The van der Waals surface area contributed by atoms with Gasteiger partial charge < -0.3 is 44.6 Å². The number of ether oxygens (including phenoxy) is 2. The largest absolute Gasteiger partial charge is 0.470 e. The number of rotatable bonds is 38. The number of carbonyl (C=O) groups excluding carboxylic acids is 2. The highest BCUT2D eigenvalue weighted by Gasteiger charge is 2.53. The molecule has 15 nitrogen and oxygen atoms in total. The molecule has 1 fully saturated rings. The smallest absolute Gasteiger partial charge is 0.462 e. The first kappa shape index (κ1) is 56.1. The summed E-state index contributed by atoms with van der Waals surface area (Å²) < 4.78 is 44.8. The van der Waals surface area contributed by atoms with Crippen LogP contribution in [0.25, 0.3) is 0 Å². The summed E-state index contributed by atoms with van der Waals surface area (Å²) in [5.74, 6) is -1.04. The van der Waals surface area contributed by atoms with Gasteiger partial charge in [0.2, 0.25) is 0 Å². The third-order valence-corrected chi connectivity index (χ3v) is 12.9. The fourth-order valence-corrected chi connectivity index (χ4v) is 9.31. The number of hydrogen-bond acceptors (Lipinski definition) is 12. The lowest BCUT2D eigenvalue weighted by Crippen LogP contribution is -2.64. The van der Waals surface area contributed by atoms with Gasteiger partial charge in [0, 0.05) is 12.8 Å². The Morgan fingerprint density at radius 1 is 0.492 bits per heavy atom. The first-order valence-corrected chi connectivity index (χ1v) is 26.2. The predicted molar refractivity (Wildman–Crippen MR) is 227 cm³/mol. The van der Waals surface area contributed by atoms with Crippen LogP contribution in [-0.2, 0) is 37.2 Å². The van der Waals surface area contributed by atoms with Crippen LogP contribution in [-0.4, -0.2) is 103 Å². The summed E-state index contributed by atoms with van der Waals surface area (Å²) in [6.07, 6.45) is 15.2. The molecule has 1 rings (SSSR count). The zero-order valence-corrected chi connectivity index (χ0v) is 38.0. The highest BCUT2D eigenvalue weighted by atomic mass is 31.2. The minimum absolute atomic E-state index is 0.114. The molecule has 1 saturated carbocycles. The van der Waals surface area contributed by atoms with Crippen LogP contribution >= 0.6 is 15.4 Å². The van der Waals surface area contributed by atoms with Crippen molar-refractivity contribution in [2.45, 2.75) is 243 Å². The summed E-state index contributed by atoms with van der Waals surface area (Å²) in [6, 6.07) is 0. The molecule has 0 radical (unpaired) electrons. The zero-order chi connectivity index (χ0) is 43.9. The lowest BCUT2D eigenvalue weighted by Gasteiger charge is -2.43. The SMILES string of the molecule is CCCCCCCCCCCCCCCC(=O)OCC(CCP(=O)(O)OC1[C@@H](O)[C@H](O)C(OP(=O)(O)O)[C@H](O)[C@@H]1O)OC(=O)CCCCCCCCCCCCCCC. The van der Waals surface area contributed by atoms with Crippen LogP contribution in [0.2, 0.25) is 0 Å². The summed E-state index contributed by atoms with van der Waals surface area (Å²) in [5.41, 5.74) is 0. The Morgan fingerprint density at radius 2 is 0.814 bits per heavy atom. The molecule has 0 heterocycles. The molecule has 59 heavy (non-hydrogen) atoms. The predicted octanol–water partition coefficient (Wildman–Crippen LogP) is 8.30. The molecule has 1 aliphatic rings. The quantitative estimate of drug-likeness (QED) is 0.0175. The Labute approximate surface area is 354 Å². The molecule has 1 aliphatic carbocycles.